The van der Waals surface area contributed by atoms with Gasteiger partial charge in [0.05, 0.1) is 13.0 Å². The summed E-state index contributed by atoms with van der Waals surface area (Å²) in [6.07, 6.45) is 3.53. The van der Waals surface area contributed by atoms with Gasteiger partial charge in [0, 0.05) is 32.0 Å². The van der Waals surface area contributed by atoms with Gasteiger partial charge in [-0.05, 0) is 0 Å². The maximum atomic E-state index is 11.7. The monoisotopic (exact) mass is 238 g/mol. The van der Waals surface area contributed by atoms with Crippen LogP contribution in [0.1, 0.15) is 12.2 Å². The number of hydrogen-bond donors (Lipinski definition) is 2. The van der Waals surface area contributed by atoms with Crippen molar-refractivity contribution in [2.45, 2.75) is 19.5 Å². The Kier molecular flexibility index (Phi) is 3.27. The molecule has 0 spiro atoms. The van der Waals surface area contributed by atoms with Gasteiger partial charge < -0.3 is 19.9 Å². The Balaban J connectivity index is 1.84. The number of hydrogen-bond acceptors (Lipinski definition) is 3. The molecule has 7 heteroatoms. The fourth-order valence-electron chi connectivity index (χ4n) is 1.74. The Morgan fingerprint density at radius 3 is 3.06 bits per heavy atom. The zero-order chi connectivity index (χ0) is 12.3. The third kappa shape index (κ3) is 2.74. The van der Waals surface area contributed by atoms with E-state index in [4.69, 9.17) is 5.11 Å². The van der Waals surface area contributed by atoms with Crippen LogP contribution in [0.3, 0.4) is 0 Å². The number of amides is 2. The highest BCUT2D eigenvalue weighted by Gasteiger charge is 2.20. The molecule has 2 heterocycles. The molecule has 0 fully saturated rings. The molecule has 0 atom stereocenters. The summed E-state index contributed by atoms with van der Waals surface area (Å²) in [5.41, 5.74) is 0. The third-order valence-corrected chi connectivity index (χ3v) is 2.65. The molecule has 0 aliphatic carbocycles. The van der Waals surface area contributed by atoms with Gasteiger partial charge >= 0.3 is 12.0 Å². The highest BCUT2D eigenvalue weighted by Crippen LogP contribution is 2.09. The summed E-state index contributed by atoms with van der Waals surface area (Å²) in [6.45, 7) is 1.95. The van der Waals surface area contributed by atoms with Gasteiger partial charge in [0.25, 0.3) is 0 Å². The number of carboxylic acids is 1. The zero-order valence-electron chi connectivity index (χ0n) is 9.30. The third-order valence-electron chi connectivity index (χ3n) is 2.65. The van der Waals surface area contributed by atoms with Crippen LogP contribution < -0.4 is 5.32 Å². The van der Waals surface area contributed by atoms with E-state index in [0.717, 1.165) is 12.4 Å². The Hall–Kier alpha value is -2.05. The van der Waals surface area contributed by atoms with Crippen LogP contribution in [0.4, 0.5) is 4.79 Å². The van der Waals surface area contributed by atoms with Crippen molar-refractivity contribution in [3.8, 4) is 0 Å². The number of carbonyl (C=O) groups excluding carboxylic acids is 1. The van der Waals surface area contributed by atoms with Crippen molar-refractivity contribution in [3.63, 3.8) is 0 Å². The van der Waals surface area contributed by atoms with E-state index in [2.05, 4.69) is 10.3 Å². The molecule has 0 radical (unpaired) electrons. The van der Waals surface area contributed by atoms with E-state index >= 15 is 0 Å². The lowest BCUT2D eigenvalue weighted by Gasteiger charge is -2.27. The first kappa shape index (κ1) is 11.4. The lowest BCUT2D eigenvalue weighted by atomic mass is 10.3. The van der Waals surface area contributed by atoms with Gasteiger partial charge in [-0.1, -0.05) is 0 Å². The summed E-state index contributed by atoms with van der Waals surface area (Å²) < 4.78 is 2.00. The number of carboxylic acid groups (broad SMARTS) is 1. The molecule has 17 heavy (non-hydrogen) atoms. The van der Waals surface area contributed by atoms with E-state index in [0.29, 0.717) is 13.1 Å². The van der Waals surface area contributed by atoms with E-state index < -0.39 is 5.97 Å². The minimum atomic E-state index is -0.917. The summed E-state index contributed by atoms with van der Waals surface area (Å²) in [5, 5.41) is 11.0. The lowest BCUT2D eigenvalue weighted by molar-refractivity contribution is -0.136. The molecule has 2 rings (SSSR count). The summed E-state index contributed by atoms with van der Waals surface area (Å²) in [7, 11) is 0. The number of nitrogens with one attached hydrogen (secondary N) is 1. The first-order valence-electron chi connectivity index (χ1n) is 5.41. The SMILES string of the molecule is O=C(O)CCNC(=O)N1CCn2ccnc2C1. The second-order valence-corrected chi connectivity index (χ2v) is 3.83. The van der Waals surface area contributed by atoms with Crippen molar-refractivity contribution in [1.82, 2.24) is 19.8 Å². The van der Waals surface area contributed by atoms with Gasteiger partial charge in [-0.25, -0.2) is 9.78 Å². The van der Waals surface area contributed by atoms with Crippen LogP contribution in [0.5, 0.6) is 0 Å². The van der Waals surface area contributed by atoms with E-state index in [-0.39, 0.29) is 19.0 Å². The molecule has 2 N–H and O–H groups in total. The number of imidazole rings is 1. The molecule has 1 aliphatic rings. The predicted octanol–water partition coefficient (Wildman–Crippen LogP) is -0.117. The van der Waals surface area contributed by atoms with Crippen molar-refractivity contribution in [2.75, 3.05) is 13.1 Å². The second-order valence-electron chi connectivity index (χ2n) is 3.83. The molecule has 1 aliphatic heterocycles. The molecule has 0 saturated heterocycles. The largest absolute Gasteiger partial charge is 0.481 e. The average Bonchev–Trinajstić information content (AvgIpc) is 2.75. The van der Waals surface area contributed by atoms with Gasteiger partial charge in [-0.3, -0.25) is 4.79 Å². The maximum absolute atomic E-state index is 11.7. The summed E-state index contributed by atoms with van der Waals surface area (Å²) in [5.74, 6) is -0.0656. The first-order valence-corrected chi connectivity index (χ1v) is 5.41. The van der Waals surface area contributed by atoms with Crippen LogP contribution in [0.25, 0.3) is 0 Å². The molecular weight excluding hydrogens is 224 g/mol. The van der Waals surface area contributed by atoms with Crippen molar-refractivity contribution >= 4 is 12.0 Å². The van der Waals surface area contributed by atoms with E-state index in [1.54, 1.807) is 11.1 Å². The fraction of sp³-hybridized carbons (Fsp3) is 0.500. The van der Waals surface area contributed by atoms with Crippen LogP contribution in [-0.2, 0) is 17.9 Å². The normalized spacial score (nSPS) is 14.2. The Morgan fingerprint density at radius 2 is 2.29 bits per heavy atom. The topological polar surface area (TPSA) is 87.5 Å². The minimum absolute atomic E-state index is 0.0613. The summed E-state index contributed by atoms with van der Waals surface area (Å²) >= 11 is 0. The van der Waals surface area contributed by atoms with E-state index in [1.807, 2.05) is 10.8 Å². The first-order chi connectivity index (χ1) is 8.16. The Morgan fingerprint density at radius 1 is 1.47 bits per heavy atom. The number of fused-ring (bicyclic) bond motifs is 1. The lowest BCUT2D eigenvalue weighted by Crippen LogP contribution is -2.44. The molecule has 0 saturated carbocycles. The van der Waals surface area contributed by atoms with Gasteiger partial charge in [0.2, 0.25) is 0 Å². The molecule has 0 unspecified atom stereocenters. The molecule has 0 aromatic carbocycles. The van der Waals surface area contributed by atoms with Crippen LogP contribution >= 0.6 is 0 Å². The fourth-order valence-corrected chi connectivity index (χ4v) is 1.74. The molecule has 92 valence electrons. The molecule has 7 nitrogen and oxygen atoms in total. The summed E-state index contributed by atoms with van der Waals surface area (Å²) in [6, 6.07) is -0.236. The number of aliphatic carboxylic acids is 1. The van der Waals surface area contributed by atoms with Gasteiger partial charge in [-0.15, -0.1) is 0 Å². The number of rotatable bonds is 3. The van der Waals surface area contributed by atoms with Crippen LogP contribution in [0, 0.1) is 0 Å². The highest BCUT2D eigenvalue weighted by atomic mass is 16.4. The second kappa shape index (κ2) is 4.86. The van der Waals surface area contributed by atoms with Crippen molar-refractivity contribution in [3.05, 3.63) is 18.2 Å². The number of aromatic nitrogens is 2. The molecule has 0 bridgehead atoms. The van der Waals surface area contributed by atoms with Gasteiger partial charge in [-0.2, -0.15) is 0 Å². The van der Waals surface area contributed by atoms with Crippen molar-refractivity contribution in [1.29, 1.82) is 0 Å². The Bertz CT molecular complexity index is 429. The molecule has 2 amide bonds. The quantitative estimate of drug-likeness (QED) is 0.768. The number of nitrogens with zero attached hydrogens (tertiary/aromatic N) is 3. The van der Waals surface area contributed by atoms with Crippen molar-refractivity contribution < 1.29 is 14.7 Å². The number of carbonyl (C=O) groups is 2. The molecule has 1 aromatic rings. The van der Waals surface area contributed by atoms with Crippen molar-refractivity contribution in [2.24, 2.45) is 0 Å². The maximum Gasteiger partial charge on any atom is 0.317 e. The van der Waals surface area contributed by atoms with Gasteiger partial charge in [0.15, 0.2) is 0 Å². The average molecular weight is 238 g/mol. The number of urea groups is 1. The smallest absolute Gasteiger partial charge is 0.317 e. The summed E-state index contributed by atoms with van der Waals surface area (Å²) in [4.78, 5) is 27.8. The molecular formula is C10H14N4O3. The van der Waals surface area contributed by atoms with E-state index in [9.17, 15) is 9.59 Å². The Labute approximate surface area is 98.0 Å². The predicted molar refractivity (Wildman–Crippen MR) is 58.3 cm³/mol. The standard InChI is InChI=1S/C10H14N4O3/c15-9(16)1-2-12-10(17)14-6-5-13-4-3-11-8(13)7-14/h3-4H,1-2,5-7H2,(H,12,17)(H,15,16). The van der Waals surface area contributed by atoms with E-state index in [1.165, 1.54) is 0 Å². The van der Waals surface area contributed by atoms with Crippen LogP contribution in [0.2, 0.25) is 0 Å². The van der Waals surface area contributed by atoms with Gasteiger partial charge in [0.1, 0.15) is 5.82 Å². The van der Waals surface area contributed by atoms with Crippen LogP contribution in [-0.4, -0.2) is 44.6 Å². The van der Waals surface area contributed by atoms with Crippen LogP contribution in [0.15, 0.2) is 12.4 Å². The molecule has 1 aromatic heterocycles. The highest BCUT2D eigenvalue weighted by molar-refractivity contribution is 5.75. The zero-order valence-corrected chi connectivity index (χ0v) is 9.30. The minimum Gasteiger partial charge on any atom is -0.481 e.